The second kappa shape index (κ2) is 6.28. The fourth-order valence-electron chi connectivity index (χ4n) is 1.95. The van der Waals surface area contributed by atoms with Crippen LogP contribution >= 0.6 is 0 Å². The quantitative estimate of drug-likeness (QED) is 0.920. The van der Waals surface area contributed by atoms with Crippen LogP contribution < -0.4 is 10.5 Å². The van der Waals surface area contributed by atoms with Crippen LogP contribution in [0.4, 0.5) is 0 Å². The van der Waals surface area contributed by atoms with Crippen molar-refractivity contribution < 1.29 is 13.2 Å². The standard InChI is InChI=1S/C16H19NO3S/c1-3-16(17)12-6-4-7-13(10-12)20-14-8-5-9-15(11-14)21(2,18)19/h4-11,16H,3,17H2,1-2H3. The van der Waals surface area contributed by atoms with E-state index in [4.69, 9.17) is 10.5 Å². The van der Waals surface area contributed by atoms with Crippen LogP contribution in [-0.4, -0.2) is 14.7 Å². The highest BCUT2D eigenvalue weighted by molar-refractivity contribution is 7.90. The number of nitrogens with two attached hydrogens (primary N) is 1. The summed E-state index contributed by atoms with van der Waals surface area (Å²) in [6.45, 7) is 2.02. The molecule has 0 aliphatic heterocycles. The lowest BCUT2D eigenvalue weighted by Gasteiger charge is -2.12. The van der Waals surface area contributed by atoms with Crippen LogP contribution in [0.3, 0.4) is 0 Å². The van der Waals surface area contributed by atoms with Crippen molar-refractivity contribution >= 4 is 9.84 Å². The van der Waals surface area contributed by atoms with Gasteiger partial charge in [0.2, 0.25) is 0 Å². The lowest BCUT2D eigenvalue weighted by atomic mass is 10.1. The van der Waals surface area contributed by atoms with Gasteiger partial charge in [-0.3, -0.25) is 0 Å². The van der Waals surface area contributed by atoms with E-state index in [1.54, 1.807) is 18.2 Å². The fourth-order valence-corrected chi connectivity index (χ4v) is 2.60. The molecule has 0 bridgehead atoms. The van der Waals surface area contributed by atoms with Crippen LogP contribution in [0.2, 0.25) is 0 Å². The molecular formula is C16H19NO3S. The summed E-state index contributed by atoms with van der Waals surface area (Å²) in [7, 11) is -3.24. The van der Waals surface area contributed by atoms with Crippen molar-refractivity contribution in [3.8, 4) is 11.5 Å². The molecule has 0 saturated heterocycles. The summed E-state index contributed by atoms with van der Waals surface area (Å²) in [5.41, 5.74) is 7.00. The number of hydrogen-bond acceptors (Lipinski definition) is 4. The average molecular weight is 305 g/mol. The Morgan fingerprint density at radius 2 is 1.71 bits per heavy atom. The molecule has 2 rings (SSSR count). The third kappa shape index (κ3) is 4.06. The molecule has 0 aliphatic rings. The highest BCUT2D eigenvalue weighted by atomic mass is 32.2. The fraction of sp³-hybridized carbons (Fsp3) is 0.250. The van der Waals surface area contributed by atoms with Gasteiger partial charge in [-0.05, 0) is 42.3 Å². The van der Waals surface area contributed by atoms with Crippen LogP contribution in [0.25, 0.3) is 0 Å². The molecule has 4 nitrogen and oxygen atoms in total. The Hall–Kier alpha value is -1.85. The van der Waals surface area contributed by atoms with E-state index in [1.165, 1.54) is 12.3 Å². The minimum atomic E-state index is -3.24. The maximum atomic E-state index is 11.5. The van der Waals surface area contributed by atoms with Gasteiger partial charge in [0.25, 0.3) is 0 Å². The van der Waals surface area contributed by atoms with Crippen molar-refractivity contribution in [1.29, 1.82) is 0 Å². The van der Waals surface area contributed by atoms with Crippen LogP contribution in [0.5, 0.6) is 11.5 Å². The zero-order chi connectivity index (χ0) is 15.5. The second-order valence-electron chi connectivity index (χ2n) is 4.94. The van der Waals surface area contributed by atoms with Crippen molar-refractivity contribution in [3.63, 3.8) is 0 Å². The normalized spacial score (nSPS) is 12.9. The molecule has 0 aromatic heterocycles. The van der Waals surface area contributed by atoms with Gasteiger partial charge in [0.1, 0.15) is 11.5 Å². The predicted octanol–water partition coefficient (Wildman–Crippen LogP) is 3.29. The van der Waals surface area contributed by atoms with Crippen molar-refractivity contribution in [3.05, 3.63) is 54.1 Å². The van der Waals surface area contributed by atoms with E-state index >= 15 is 0 Å². The molecule has 0 fully saturated rings. The molecule has 0 saturated carbocycles. The molecule has 0 spiro atoms. The molecular weight excluding hydrogens is 286 g/mol. The minimum Gasteiger partial charge on any atom is -0.457 e. The Labute approximate surface area is 125 Å². The van der Waals surface area contributed by atoms with E-state index < -0.39 is 9.84 Å². The Morgan fingerprint density at radius 3 is 2.33 bits per heavy atom. The Bertz CT molecular complexity index is 726. The molecule has 2 N–H and O–H groups in total. The largest absolute Gasteiger partial charge is 0.457 e. The zero-order valence-electron chi connectivity index (χ0n) is 12.1. The van der Waals surface area contributed by atoms with Gasteiger partial charge in [0.05, 0.1) is 4.90 Å². The SMILES string of the molecule is CCC(N)c1cccc(Oc2cccc(S(C)(=O)=O)c2)c1. The molecule has 0 radical (unpaired) electrons. The van der Waals surface area contributed by atoms with Gasteiger partial charge in [-0.1, -0.05) is 25.1 Å². The van der Waals surface area contributed by atoms with E-state index in [0.717, 1.165) is 12.0 Å². The van der Waals surface area contributed by atoms with Gasteiger partial charge in [-0.25, -0.2) is 8.42 Å². The maximum absolute atomic E-state index is 11.5. The van der Waals surface area contributed by atoms with E-state index in [1.807, 2.05) is 31.2 Å². The molecule has 2 aromatic carbocycles. The lowest BCUT2D eigenvalue weighted by molar-refractivity contribution is 0.479. The number of ether oxygens (including phenoxy) is 1. The van der Waals surface area contributed by atoms with Gasteiger partial charge < -0.3 is 10.5 Å². The van der Waals surface area contributed by atoms with Gasteiger partial charge >= 0.3 is 0 Å². The lowest BCUT2D eigenvalue weighted by Crippen LogP contribution is -2.08. The summed E-state index contributed by atoms with van der Waals surface area (Å²) in [4.78, 5) is 0.237. The Morgan fingerprint density at radius 1 is 1.10 bits per heavy atom. The van der Waals surface area contributed by atoms with Gasteiger partial charge in [0.15, 0.2) is 9.84 Å². The van der Waals surface area contributed by atoms with Crippen LogP contribution in [0.1, 0.15) is 24.9 Å². The van der Waals surface area contributed by atoms with E-state index in [2.05, 4.69) is 0 Å². The molecule has 2 aromatic rings. The third-order valence-corrected chi connectivity index (χ3v) is 4.31. The molecule has 112 valence electrons. The first-order valence-electron chi connectivity index (χ1n) is 6.73. The van der Waals surface area contributed by atoms with Crippen molar-refractivity contribution in [2.24, 2.45) is 5.73 Å². The first-order chi connectivity index (χ1) is 9.90. The summed E-state index contributed by atoms with van der Waals surface area (Å²) < 4.78 is 28.8. The van der Waals surface area contributed by atoms with Crippen LogP contribution in [0, 0.1) is 0 Å². The van der Waals surface area contributed by atoms with Gasteiger partial charge in [-0.15, -0.1) is 0 Å². The molecule has 0 heterocycles. The minimum absolute atomic E-state index is 0.0316. The number of sulfone groups is 1. The van der Waals surface area contributed by atoms with Crippen molar-refractivity contribution in [2.75, 3.05) is 6.26 Å². The van der Waals surface area contributed by atoms with E-state index in [-0.39, 0.29) is 10.9 Å². The third-order valence-electron chi connectivity index (χ3n) is 3.20. The Balaban J connectivity index is 2.26. The van der Waals surface area contributed by atoms with Crippen molar-refractivity contribution in [1.82, 2.24) is 0 Å². The number of rotatable bonds is 5. The average Bonchev–Trinajstić information content (AvgIpc) is 2.46. The molecule has 0 aliphatic carbocycles. The smallest absolute Gasteiger partial charge is 0.175 e. The molecule has 1 atom stereocenters. The number of hydrogen-bond donors (Lipinski definition) is 1. The summed E-state index contributed by atoms with van der Waals surface area (Å²) in [5.74, 6) is 1.13. The molecule has 0 amide bonds. The van der Waals surface area contributed by atoms with E-state index in [0.29, 0.717) is 11.5 Å². The maximum Gasteiger partial charge on any atom is 0.175 e. The summed E-state index contributed by atoms with van der Waals surface area (Å²) >= 11 is 0. The molecule has 21 heavy (non-hydrogen) atoms. The first kappa shape index (κ1) is 15.5. The molecule has 5 heteroatoms. The van der Waals surface area contributed by atoms with Gasteiger partial charge in [-0.2, -0.15) is 0 Å². The summed E-state index contributed by atoms with van der Waals surface area (Å²) in [6.07, 6.45) is 2.01. The van der Waals surface area contributed by atoms with Crippen LogP contribution in [0.15, 0.2) is 53.4 Å². The topological polar surface area (TPSA) is 69.4 Å². The predicted molar refractivity (Wildman–Crippen MR) is 83.3 cm³/mol. The van der Waals surface area contributed by atoms with Crippen LogP contribution in [-0.2, 0) is 9.84 Å². The second-order valence-corrected chi connectivity index (χ2v) is 6.95. The number of benzene rings is 2. The summed E-state index contributed by atoms with van der Waals surface area (Å²) in [5, 5.41) is 0. The first-order valence-corrected chi connectivity index (χ1v) is 8.63. The highest BCUT2D eigenvalue weighted by Gasteiger charge is 2.09. The highest BCUT2D eigenvalue weighted by Crippen LogP contribution is 2.26. The molecule has 1 unspecified atom stereocenters. The van der Waals surface area contributed by atoms with Crippen molar-refractivity contribution in [2.45, 2.75) is 24.3 Å². The summed E-state index contributed by atoms with van der Waals surface area (Å²) in [6, 6.07) is 13.9. The van der Waals surface area contributed by atoms with Gasteiger partial charge in [0, 0.05) is 12.3 Å². The zero-order valence-corrected chi connectivity index (χ0v) is 12.9. The Kier molecular flexibility index (Phi) is 4.65. The monoisotopic (exact) mass is 305 g/mol. The van der Waals surface area contributed by atoms with E-state index in [9.17, 15) is 8.42 Å².